The minimum Gasteiger partial charge on any atom is -0.461 e. The summed E-state index contributed by atoms with van der Waals surface area (Å²) in [6.45, 7) is 4.88. The summed E-state index contributed by atoms with van der Waals surface area (Å²) in [5.74, 6) is 1.81. The van der Waals surface area contributed by atoms with Gasteiger partial charge in [0, 0.05) is 25.2 Å². The van der Waals surface area contributed by atoms with Gasteiger partial charge in [0.2, 0.25) is 0 Å². The van der Waals surface area contributed by atoms with Crippen LogP contribution >= 0.6 is 0 Å². The van der Waals surface area contributed by atoms with E-state index in [9.17, 15) is 5.11 Å². The third-order valence-corrected chi connectivity index (χ3v) is 4.83. The summed E-state index contributed by atoms with van der Waals surface area (Å²) in [6, 6.07) is 14.2. The molecule has 6 heteroatoms. The van der Waals surface area contributed by atoms with Gasteiger partial charge in [-0.05, 0) is 30.7 Å². The molecule has 2 N–H and O–H groups in total. The molecule has 0 fully saturated rings. The van der Waals surface area contributed by atoms with Crippen LogP contribution in [0, 0.1) is 6.92 Å². The summed E-state index contributed by atoms with van der Waals surface area (Å²) in [6.07, 6.45) is -0.913. The Bertz CT molecular complexity index is 899. The zero-order valence-electron chi connectivity index (χ0n) is 14.8. The number of furan rings is 1. The van der Waals surface area contributed by atoms with Crippen molar-refractivity contribution in [1.82, 2.24) is 14.7 Å². The van der Waals surface area contributed by atoms with Gasteiger partial charge in [0.05, 0.1) is 24.5 Å². The van der Waals surface area contributed by atoms with E-state index in [2.05, 4.69) is 28.2 Å². The van der Waals surface area contributed by atoms with Crippen molar-refractivity contribution in [3.05, 3.63) is 65.2 Å². The van der Waals surface area contributed by atoms with Gasteiger partial charge in [0.25, 0.3) is 0 Å². The average molecular weight is 353 g/mol. The van der Waals surface area contributed by atoms with Crippen LogP contribution in [0.15, 0.2) is 46.9 Å². The number of rotatable bonds is 5. The van der Waals surface area contributed by atoms with Crippen molar-refractivity contribution in [2.24, 2.45) is 0 Å². The smallest absolute Gasteiger partial charge is 0.134 e. The molecular formula is C20H23N3O3. The SMILES string of the molecule is Cc1ccc(-c2ccccc2CN2CCn3nc(C(O)CO)cc3C2)o1. The standard InChI is InChI=1S/C20H23N3O3/c1-14-6-7-20(26-14)17-5-3-2-4-15(17)11-22-8-9-23-16(12-22)10-18(21-23)19(25)13-24/h2-7,10,19,24-25H,8-9,11-13H2,1H3. The lowest BCUT2D eigenvalue weighted by Gasteiger charge is -2.28. The molecule has 0 bridgehead atoms. The molecule has 1 unspecified atom stereocenters. The van der Waals surface area contributed by atoms with Gasteiger partial charge in [-0.1, -0.05) is 24.3 Å². The first-order valence-corrected chi connectivity index (χ1v) is 8.86. The highest BCUT2D eigenvalue weighted by Crippen LogP contribution is 2.28. The van der Waals surface area contributed by atoms with Gasteiger partial charge >= 0.3 is 0 Å². The van der Waals surface area contributed by atoms with E-state index in [1.165, 1.54) is 5.56 Å². The second-order valence-corrected chi connectivity index (χ2v) is 6.76. The first-order chi connectivity index (χ1) is 12.6. The highest BCUT2D eigenvalue weighted by atomic mass is 16.3. The highest BCUT2D eigenvalue weighted by Gasteiger charge is 2.22. The molecule has 6 nitrogen and oxygen atoms in total. The van der Waals surface area contributed by atoms with Crippen LogP contribution in [0.2, 0.25) is 0 Å². The van der Waals surface area contributed by atoms with E-state index in [-0.39, 0.29) is 6.61 Å². The predicted octanol–water partition coefficient (Wildman–Crippen LogP) is 2.49. The topological polar surface area (TPSA) is 74.7 Å². The van der Waals surface area contributed by atoms with Crippen molar-refractivity contribution in [2.75, 3.05) is 13.2 Å². The number of aliphatic hydroxyl groups is 2. The van der Waals surface area contributed by atoms with Gasteiger partial charge in [-0.2, -0.15) is 5.10 Å². The molecule has 1 atom stereocenters. The molecule has 3 aromatic rings. The Morgan fingerprint density at radius 3 is 2.81 bits per heavy atom. The van der Waals surface area contributed by atoms with Crippen molar-refractivity contribution in [3.8, 4) is 11.3 Å². The Morgan fingerprint density at radius 1 is 1.19 bits per heavy atom. The van der Waals surface area contributed by atoms with Crippen LogP contribution in [0.3, 0.4) is 0 Å². The minimum atomic E-state index is -0.913. The molecular weight excluding hydrogens is 330 g/mol. The first-order valence-electron chi connectivity index (χ1n) is 8.86. The average Bonchev–Trinajstić information content (AvgIpc) is 3.27. The molecule has 0 radical (unpaired) electrons. The summed E-state index contributed by atoms with van der Waals surface area (Å²) in [4.78, 5) is 2.36. The number of benzene rings is 1. The largest absolute Gasteiger partial charge is 0.461 e. The molecule has 2 aromatic heterocycles. The fraction of sp³-hybridized carbons (Fsp3) is 0.350. The molecule has 0 amide bonds. The maximum absolute atomic E-state index is 9.79. The van der Waals surface area contributed by atoms with Crippen LogP contribution in [0.1, 0.15) is 28.8 Å². The van der Waals surface area contributed by atoms with Crippen molar-refractivity contribution in [1.29, 1.82) is 0 Å². The molecule has 1 aromatic carbocycles. The van der Waals surface area contributed by atoms with Crippen LogP contribution in [0.25, 0.3) is 11.3 Å². The maximum atomic E-state index is 9.79. The van der Waals surface area contributed by atoms with Gasteiger partial charge in [0.1, 0.15) is 17.6 Å². The first kappa shape index (κ1) is 17.0. The monoisotopic (exact) mass is 353 g/mol. The fourth-order valence-electron chi connectivity index (χ4n) is 3.45. The number of nitrogens with zero attached hydrogens (tertiary/aromatic N) is 3. The lowest BCUT2D eigenvalue weighted by molar-refractivity contribution is 0.0915. The number of aryl methyl sites for hydroxylation is 1. The molecule has 1 aliphatic rings. The number of aromatic nitrogens is 2. The van der Waals surface area contributed by atoms with Gasteiger partial charge in [0.15, 0.2) is 0 Å². The molecule has 26 heavy (non-hydrogen) atoms. The predicted molar refractivity (Wildman–Crippen MR) is 97.3 cm³/mol. The van der Waals surface area contributed by atoms with Crippen LogP contribution in [0.4, 0.5) is 0 Å². The fourth-order valence-corrected chi connectivity index (χ4v) is 3.45. The van der Waals surface area contributed by atoms with Gasteiger partial charge in [-0.15, -0.1) is 0 Å². The van der Waals surface area contributed by atoms with E-state index in [1.54, 1.807) is 0 Å². The second-order valence-electron chi connectivity index (χ2n) is 6.76. The molecule has 3 heterocycles. The van der Waals surface area contributed by atoms with E-state index < -0.39 is 6.10 Å². The Hall–Kier alpha value is -2.41. The molecule has 136 valence electrons. The molecule has 4 rings (SSSR count). The van der Waals surface area contributed by atoms with E-state index in [0.29, 0.717) is 5.69 Å². The zero-order valence-corrected chi connectivity index (χ0v) is 14.8. The lowest BCUT2D eigenvalue weighted by atomic mass is 10.0. The van der Waals surface area contributed by atoms with E-state index in [1.807, 2.05) is 35.9 Å². The number of fused-ring (bicyclic) bond motifs is 1. The maximum Gasteiger partial charge on any atom is 0.134 e. The van der Waals surface area contributed by atoms with Crippen LogP contribution in [-0.4, -0.2) is 38.0 Å². The van der Waals surface area contributed by atoms with Crippen LogP contribution in [-0.2, 0) is 19.6 Å². The lowest BCUT2D eigenvalue weighted by Crippen LogP contribution is -2.33. The summed E-state index contributed by atoms with van der Waals surface area (Å²) in [5.41, 5.74) is 3.95. The van der Waals surface area contributed by atoms with Gasteiger partial charge < -0.3 is 14.6 Å². The Balaban J connectivity index is 1.53. The normalized spacial score (nSPS) is 15.8. The quantitative estimate of drug-likeness (QED) is 0.737. The van der Waals surface area contributed by atoms with E-state index in [0.717, 1.165) is 49.0 Å². The number of aliphatic hydroxyl groups excluding tert-OH is 2. The van der Waals surface area contributed by atoms with Gasteiger partial charge in [-0.25, -0.2) is 0 Å². The third kappa shape index (κ3) is 3.31. The van der Waals surface area contributed by atoms with Crippen molar-refractivity contribution in [2.45, 2.75) is 32.7 Å². The van der Waals surface area contributed by atoms with E-state index in [4.69, 9.17) is 9.52 Å². The summed E-state index contributed by atoms with van der Waals surface area (Å²) in [7, 11) is 0. The molecule has 0 saturated carbocycles. The molecule has 0 aliphatic carbocycles. The second kappa shape index (κ2) is 7.07. The van der Waals surface area contributed by atoms with Crippen LogP contribution < -0.4 is 0 Å². The third-order valence-electron chi connectivity index (χ3n) is 4.83. The number of hydrogen-bond acceptors (Lipinski definition) is 5. The summed E-state index contributed by atoms with van der Waals surface area (Å²) >= 11 is 0. The van der Waals surface area contributed by atoms with E-state index >= 15 is 0 Å². The van der Waals surface area contributed by atoms with Crippen molar-refractivity contribution < 1.29 is 14.6 Å². The van der Waals surface area contributed by atoms with Crippen LogP contribution in [0.5, 0.6) is 0 Å². The Labute approximate surface area is 152 Å². The molecule has 0 spiro atoms. The van der Waals surface area contributed by atoms with Crippen molar-refractivity contribution >= 4 is 0 Å². The number of hydrogen-bond donors (Lipinski definition) is 2. The Kier molecular flexibility index (Phi) is 4.63. The summed E-state index contributed by atoms with van der Waals surface area (Å²) in [5, 5.41) is 23.3. The minimum absolute atomic E-state index is 0.309. The molecule has 0 saturated heterocycles. The Morgan fingerprint density at radius 2 is 2.04 bits per heavy atom. The summed E-state index contributed by atoms with van der Waals surface area (Å²) < 4.78 is 7.74. The zero-order chi connectivity index (χ0) is 18.1. The van der Waals surface area contributed by atoms with Gasteiger partial charge in [-0.3, -0.25) is 9.58 Å². The molecule has 1 aliphatic heterocycles. The van der Waals surface area contributed by atoms with Crippen molar-refractivity contribution in [3.63, 3.8) is 0 Å². The highest BCUT2D eigenvalue weighted by molar-refractivity contribution is 5.62.